The first-order valence-electron chi connectivity index (χ1n) is 5.65. The third-order valence-electron chi connectivity index (χ3n) is 3.07. The van der Waals surface area contributed by atoms with E-state index in [2.05, 4.69) is 10.3 Å². The number of nitrogens with one attached hydrogen (secondary N) is 1. The van der Waals surface area contributed by atoms with Crippen molar-refractivity contribution in [1.29, 1.82) is 0 Å². The van der Waals surface area contributed by atoms with Crippen LogP contribution in [0.4, 0.5) is 5.69 Å². The van der Waals surface area contributed by atoms with Gasteiger partial charge in [-0.05, 0) is 31.4 Å². The van der Waals surface area contributed by atoms with Crippen molar-refractivity contribution < 1.29 is 9.90 Å². The normalized spacial score (nSPS) is 25.0. The molecule has 0 bridgehead atoms. The number of carboxylic acids is 1. The van der Waals surface area contributed by atoms with E-state index in [1.807, 2.05) is 12.1 Å². The van der Waals surface area contributed by atoms with Crippen molar-refractivity contribution in [3.05, 3.63) is 24.5 Å². The summed E-state index contributed by atoms with van der Waals surface area (Å²) in [5.74, 6) is -0.852. The van der Waals surface area contributed by atoms with Crippen molar-refractivity contribution >= 4 is 11.7 Å². The molecule has 2 N–H and O–H groups in total. The van der Waals surface area contributed by atoms with Crippen LogP contribution in [0.2, 0.25) is 0 Å². The lowest BCUT2D eigenvalue weighted by Gasteiger charge is -2.28. The Morgan fingerprint density at radius 3 is 2.81 bits per heavy atom. The number of rotatable bonds is 3. The van der Waals surface area contributed by atoms with Crippen molar-refractivity contribution in [3.8, 4) is 0 Å². The van der Waals surface area contributed by atoms with Crippen molar-refractivity contribution in [3.63, 3.8) is 0 Å². The van der Waals surface area contributed by atoms with E-state index in [-0.39, 0.29) is 12.0 Å². The molecule has 1 saturated carbocycles. The number of carboxylic acid groups (broad SMARTS) is 1. The van der Waals surface area contributed by atoms with E-state index in [0.717, 1.165) is 31.4 Å². The molecule has 1 aromatic rings. The van der Waals surface area contributed by atoms with Gasteiger partial charge in [0.1, 0.15) is 0 Å². The van der Waals surface area contributed by atoms with Gasteiger partial charge in [0.2, 0.25) is 0 Å². The quantitative estimate of drug-likeness (QED) is 0.819. The summed E-state index contributed by atoms with van der Waals surface area (Å²) in [7, 11) is 0. The molecule has 2 rings (SSSR count). The number of hydrogen-bond donors (Lipinski definition) is 2. The van der Waals surface area contributed by atoms with Crippen LogP contribution in [-0.4, -0.2) is 22.1 Å². The fourth-order valence-corrected chi connectivity index (χ4v) is 2.23. The van der Waals surface area contributed by atoms with Crippen LogP contribution in [0.3, 0.4) is 0 Å². The molecule has 86 valence electrons. The first-order valence-corrected chi connectivity index (χ1v) is 5.65. The third kappa shape index (κ3) is 2.72. The summed E-state index contributed by atoms with van der Waals surface area (Å²) >= 11 is 0. The van der Waals surface area contributed by atoms with Gasteiger partial charge in [-0.3, -0.25) is 9.78 Å². The summed E-state index contributed by atoms with van der Waals surface area (Å²) in [5, 5.41) is 12.3. The fraction of sp³-hybridized carbons (Fsp3) is 0.500. The summed E-state index contributed by atoms with van der Waals surface area (Å²) in [6.45, 7) is 0. The van der Waals surface area contributed by atoms with Crippen molar-refractivity contribution in [2.75, 3.05) is 5.32 Å². The van der Waals surface area contributed by atoms with Gasteiger partial charge < -0.3 is 10.4 Å². The summed E-state index contributed by atoms with van der Waals surface area (Å²) < 4.78 is 0. The van der Waals surface area contributed by atoms with Crippen molar-refractivity contribution in [1.82, 2.24) is 4.98 Å². The lowest BCUT2D eigenvalue weighted by Crippen LogP contribution is -2.30. The van der Waals surface area contributed by atoms with E-state index < -0.39 is 5.97 Å². The van der Waals surface area contributed by atoms with Gasteiger partial charge >= 0.3 is 5.97 Å². The molecular weight excluding hydrogens is 204 g/mol. The third-order valence-corrected chi connectivity index (χ3v) is 3.07. The van der Waals surface area contributed by atoms with Gasteiger partial charge in [0.25, 0.3) is 0 Å². The van der Waals surface area contributed by atoms with Crippen LogP contribution in [0.15, 0.2) is 24.5 Å². The standard InChI is InChI=1S/C12H16N2O2/c15-12(16)9-2-1-3-11(8-9)14-10-4-6-13-7-5-10/h4-7,9,11H,1-3,8H2,(H,13,14)(H,15,16). The Morgan fingerprint density at radius 1 is 1.38 bits per heavy atom. The van der Waals surface area contributed by atoms with Crippen LogP contribution in [0, 0.1) is 5.92 Å². The second-order valence-corrected chi connectivity index (χ2v) is 4.28. The molecule has 16 heavy (non-hydrogen) atoms. The zero-order valence-electron chi connectivity index (χ0n) is 9.10. The highest BCUT2D eigenvalue weighted by atomic mass is 16.4. The topological polar surface area (TPSA) is 62.2 Å². The molecule has 0 saturated heterocycles. The lowest BCUT2D eigenvalue weighted by atomic mass is 9.86. The van der Waals surface area contributed by atoms with E-state index in [0.29, 0.717) is 0 Å². The van der Waals surface area contributed by atoms with E-state index >= 15 is 0 Å². The highest BCUT2D eigenvalue weighted by Gasteiger charge is 2.26. The van der Waals surface area contributed by atoms with Gasteiger partial charge in [0.15, 0.2) is 0 Å². The minimum Gasteiger partial charge on any atom is -0.481 e. The highest BCUT2D eigenvalue weighted by molar-refractivity contribution is 5.70. The Labute approximate surface area is 94.7 Å². The number of hydrogen-bond acceptors (Lipinski definition) is 3. The molecule has 4 heteroatoms. The minimum absolute atomic E-state index is 0.187. The number of nitrogens with zero attached hydrogens (tertiary/aromatic N) is 1. The van der Waals surface area contributed by atoms with Gasteiger partial charge in [0.05, 0.1) is 5.92 Å². The maximum Gasteiger partial charge on any atom is 0.306 e. The Bertz CT molecular complexity index is 353. The lowest BCUT2D eigenvalue weighted by molar-refractivity contribution is -0.142. The molecular formula is C12H16N2O2. The monoisotopic (exact) mass is 220 g/mol. The van der Waals surface area contributed by atoms with Gasteiger partial charge in [-0.25, -0.2) is 0 Å². The number of anilines is 1. The van der Waals surface area contributed by atoms with Gasteiger partial charge in [0, 0.05) is 24.1 Å². The van der Waals surface area contributed by atoms with E-state index in [1.54, 1.807) is 12.4 Å². The largest absolute Gasteiger partial charge is 0.481 e. The van der Waals surface area contributed by atoms with Gasteiger partial charge in [-0.2, -0.15) is 0 Å². The predicted octanol–water partition coefficient (Wildman–Crippen LogP) is 2.14. The number of carbonyl (C=O) groups is 1. The highest BCUT2D eigenvalue weighted by Crippen LogP contribution is 2.26. The molecule has 4 nitrogen and oxygen atoms in total. The molecule has 0 radical (unpaired) electrons. The molecule has 1 fully saturated rings. The Hall–Kier alpha value is -1.58. The van der Waals surface area contributed by atoms with Crippen LogP contribution in [-0.2, 0) is 4.79 Å². The first kappa shape index (κ1) is 10.9. The van der Waals surface area contributed by atoms with Crippen LogP contribution in [0.5, 0.6) is 0 Å². The zero-order valence-corrected chi connectivity index (χ0v) is 9.10. The maximum atomic E-state index is 10.9. The molecule has 0 aromatic carbocycles. The average Bonchev–Trinajstić information content (AvgIpc) is 2.30. The number of pyridine rings is 1. The molecule has 2 atom stereocenters. The first-order chi connectivity index (χ1) is 7.75. The molecule has 1 aliphatic carbocycles. The molecule has 2 unspecified atom stereocenters. The zero-order chi connectivity index (χ0) is 11.4. The summed E-state index contributed by atoms with van der Waals surface area (Å²) in [6, 6.07) is 4.09. The predicted molar refractivity (Wildman–Crippen MR) is 61.2 cm³/mol. The van der Waals surface area contributed by atoms with Gasteiger partial charge in [-0.1, -0.05) is 6.42 Å². The molecule has 1 aliphatic rings. The number of aliphatic carboxylic acids is 1. The Kier molecular flexibility index (Phi) is 3.39. The average molecular weight is 220 g/mol. The molecule has 0 spiro atoms. The number of aromatic nitrogens is 1. The summed E-state index contributed by atoms with van der Waals surface area (Å²) in [6.07, 6.45) is 7.03. The smallest absolute Gasteiger partial charge is 0.306 e. The van der Waals surface area contributed by atoms with Crippen LogP contribution >= 0.6 is 0 Å². The molecule has 1 heterocycles. The second-order valence-electron chi connectivity index (χ2n) is 4.28. The summed E-state index contributed by atoms with van der Waals surface area (Å²) in [5.41, 5.74) is 1.02. The van der Waals surface area contributed by atoms with E-state index in [1.165, 1.54) is 0 Å². The Morgan fingerprint density at radius 2 is 2.12 bits per heavy atom. The van der Waals surface area contributed by atoms with Crippen LogP contribution < -0.4 is 5.32 Å². The van der Waals surface area contributed by atoms with Crippen molar-refractivity contribution in [2.45, 2.75) is 31.7 Å². The van der Waals surface area contributed by atoms with Crippen LogP contribution in [0.1, 0.15) is 25.7 Å². The maximum absolute atomic E-state index is 10.9. The van der Waals surface area contributed by atoms with Crippen molar-refractivity contribution in [2.24, 2.45) is 5.92 Å². The SMILES string of the molecule is O=C(O)C1CCCC(Nc2ccncc2)C1. The fourth-order valence-electron chi connectivity index (χ4n) is 2.23. The second kappa shape index (κ2) is 4.96. The molecule has 0 amide bonds. The van der Waals surface area contributed by atoms with Gasteiger partial charge in [-0.15, -0.1) is 0 Å². The molecule has 1 aromatic heterocycles. The van der Waals surface area contributed by atoms with E-state index in [9.17, 15) is 4.79 Å². The van der Waals surface area contributed by atoms with Crippen LogP contribution in [0.25, 0.3) is 0 Å². The summed E-state index contributed by atoms with van der Waals surface area (Å²) in [4.78, 5) is 14.9. The molecule has 0 aliphatic heterocycles. The Balaban J connectivity index is 1.93. The minimum atomic E-state index is -0.666. The van der Waals surface area contributed by atoms with E-state index in [4.69, 9.17) is 5.11 Å².